The van der Waals surface area contributed by atoms with Gasteiger partial charge in [0.2, 0.25) is 0 Å². The first-order chi connectivity index (χ1) is 10.9. The Morgan fingerprint density at radius 2 is 2.00 bits per heavy atom. The molecule has 3 nitrogen and oxygen atoms in total. The summed E-state index contributed by atoms with van der Waals surface area (Å²) < 4.78 is 40.6. The van der Waals surface area contributed by atoms with Crippen molar-refractivity contribution >= 4 is 5.82 Å². The van der Waals surface area contributed by atoms with Crippen molar-refractivity contribution in [1.82, 2.24) is 9.78 Å². The van der Waals surface area contributed by atoms with Gasteiger partial charge in [-0.15, -0.1) is 0 Å². The molecule has 0 bridgehead atoms. The molecule has 1 N–H and O–H groups in total. The number of aromatic nitrogens is 2. The predicted molar refractivity (Wildman–Crippen MR) is 84.1 cm³/mol. The van der Waals surface area contributed by atoms with Crippen LogP contribution in [0.4, 0.5) is 19.0 Å². The fourth-order valence-corrected chi connectivity index (χ4v) is 2.99. The highest BCUT2D eigenvalue weighted by Gasteiger charge is 2.31. The average molecular weight is 323 g/mol. The van der Waals surface area contributed by atoms with E-state index in [0.29, 0.717) is 5.69 Å². The normalized spacial score (nSPS) is 15.2. The van der Waals surface area contributed by atoms with E-state index >= 15 is 0 Å². The van der Waals surface area contributed by atoms with Gasteiger partial charge in [-0.3, -0.25) is 0 Å². The molecule has 0 aliphatic carbocycles. The van der Waals surface area contributed by atoms with Gasteiger partial charge in [-0.05, 0) is 43.4 Å². The van der Waals surface area contributed by atoms with Crippen molar-refractivity contribution in [2.45, 2.75) is 45.2 Å². The molecule has 1 aliphatic rings. The zero-order valence-corrected chi connectivity index (χ0v) is 13.2. The molecule has 6 heteroatoms. The predicted octanol–water partition coefficient (Wildman–Crippen LogP) is 4.76. The van der Waals surface area contributed by atoms with Gasteiger partial charge in [-0.25, -0.2) is 4.68 Å². The van der Waals surface area contributed by atoms with E-state index in [-0.39, 0.29) is 5.92 Å². The van der Waals surface area contributed by atoms with E-state index < -0.39 is 11.7 Å². The summed E-state index contributed by atoms with van der Waals surface area (Å²) in [6, 6.07) is 5.34. The van der Waals surface area contributed by atoms with Gasteiger partial charge in [0, 0.05) is 12.1 Å². The summed E-state index contributed by atoms with van der Waals surface area (Å²) in [6.45, 7) is 4.93. The lowest BCUT2D eigenvalue weighted by Gasteiger charge is -2.12. The summed E-state index contributed by atoms with van der Waals surface area (Å²) in [4.78, 5) is 0. The van der Waals surface area contributed by atoms with Crippen LogP contribution in [-0.4, -0.2) is 16.3 Å². The van der Waals surface area contributed by atoms with Gasteiger partial charge in [0.05, 0.1) is 16.9 Å². The third kappa shape index (κ3) is 3.07. The van der Waals surface area contributed by atoms with Crippen molar-refractivity contribution in [2.24, 2.45) is 0 Å². The smallest absolute Gasteiger partial charge is 0.370 e. The van der Waals surface area contributed by atoms with Gasteiger partial charge in [0.25, 0.3) is 0 Å². The molecule has 0 fully saturated rings. The summed E-state index contributed by atoms with van der Waals surface area (Å²) in [5.74, 6) is 1.07. The van der Waals surface area contributed by atoms with Gasteiger partial charge < -0.3 is 5.32 Å². The van der Waals surface area contributed by atoms with Crippen LogP contribution in [0.5, 0.6) is 0 Å². The Morgan fingerprint density at radius 1 is 1.22 bits per heavy atom. The van der Waals surface area contributed by atoms with Crippen LogP contribution in [0.25, 0.3) is 5.69 Å². The van der Waals surface area contributed by atoms with Crippen molar-refractivity contribution in [1.29, 1.82) is 0 Å². The minimum atomic E-state index is -4.35. The fraction of sp³-hybridized carbons (Fsp3) is 0.471. The fourth-order valence-electron chi connectivity index (χ4n) is 2.99. The minimum Gasteiger partial charge on any atom is -0.370 e. The summed E-state index contributed by atoms with van der Waals surface area (Å²) in [5, 5.41) is 7.96. The van der Waals surface area contributed by atoms with Crippen molar-refractivity contribution < 1.29 is 13.2 Å². The van der Waals surface area contributed by atoms with Crippen LogP contribution in [0.3, 0.4) is 0 Å². The van der Waals surface area contributed by atoms with Crippen LogP contribution in [0.15, 0.2) is 24.3 Å². The Bertz CT molecular complexity index is 702. The maximum atomic E-state index is 13.0. The number of benzene rings is 1. The molecule has 2 aromatic rings. The molecule has 0 radical (unpaired) electrons. The highest BCUT2D eigenvalue weighted by molar-refractivity contribution is 5.55. The second-order valence-corrected chi connectivity index (χ2v) is 6.21. The average Bonchev–Trinajstić information content (AvgIpc) is 2.69. The summed E-state index contributed by atoms with van der Waals surface area (Å²) in [6.07, 6.45) is -1.33. The topological polar surface area (TPSA) is 29.9 Å². The van der Waals surface area contributed by atoms with Crippen LogP contribution in [-0.2, 0) is 12.6 Å². The van der Waals surface area contributed by atoms with E-state index in [9.17, 15) is 13.2 Å². The lowest BCUT2D eigenvalue weighted by molar-refractivity contribution is -0.137. The standard InChI is InChI=1S/C17H20F3N3/c1-11(2)15-14-8-3-4-9-21-16(14)23(22-15)13-7-5-6-12(10-13)17(18,19)20/h5-7,10-11,21H,3-4,8-9H2,1-2H3. The Labute approximate surface area is 133 Å². The number of nitrogens with one attached hydrogen (secondary N) is 1. The van der Waals surface area contributed by atoms with Gasteiger partial charge in [0.1, 0.15) is 5.82 Å². The zero-order valence-electron chi connectivity index (χ0n) is 13.2. The third-order valence-electron chi connectivity index (χ3n) is 4.13. The SMILES string of the molecule is CC(C)c1nn(-c2cccc(C(F)(F)F)c2)c2c1CCCCN2. The van der Waals surface area contributed by atoms with E-state index in [4.69, 9.17) is 0 Å². The number of hydrogen-bond donors (Lipinski definition) is 1. The number of nitrogens with zero attached hydrogens (tertiary/aromatic N) is 2. The lowest BCUT2D eigenvalue weighted by Crippen LogP contribution is -2.09. The largest absolute Gasteiger partial charge is 0.416 e. The Morgan fingerprint density at radius 3 is 2.70 bits per heavy atom. The number of alkyl halides is 3. The molecule has 0 atom stereocenters. The van der Waals surface area contributed by atoms with E-state index in [0.717, 1.165) is 55.0 Å². The number of hydrogen-bond acceptors (Lipinski definition) is 2. The minimum absolute atomic E-state index is 0.232. The van der Waals surface area contributed by atoms with Gasteiger partial charge in [0.15, 0.2) is 0 Å². The Kier molecular flexibility index (Phi) is 4.08. The second-order valence-electron chi connectivity index (χ2n) is 6.21. The first kappa shape index (κ1) is 15.9. The number of fused-ring (bicyclic) bond motifs is 1. The first-order valence-corrected chi connectivity index (χ1v) is 7.91. The zero-order chi connectivity index (χ0) is 16.6. The van der Waals surface area contributed by atoms with E-state index in [1.165, 1.54) is 6.07 Å². The highest BCUT2D eigenvalue weighted by atomic mass is 19.4. The monoisotopic (exact) mass is 323 g/mol. The number of anilines is 1. The molecule has 1 aromatic heterocycles. The van der Waals surface area contributed by atoms with Gasteiger partial charge in [-0.2, -0.15) is 18.3 Å². The van der Waals surface area contributed by atoms with Crippen LogP contribution in [0.2, 0.25) is 0 Å². The summed E-state index contributed by atoms with van der Waals surface area (Å²) in [7, 11) is 0. The number of rotatable bonds is 2. The summed E-state index contributed by atoms with van der Waals surface area (Å²) >= 11 is 0. The molecule has 124 valence electrons. The van der Waals surface area contributed by atoms with Crippen molar-refractivity contribution in [3.8, 4) is 5.69 Å². The molecule has 2 heterocycles. The highest BCUT2D eigenvalue weighted by Crippen LogP contribution is 2.34. The van der Waals surface area contributed by atoms with Crippen molar-refractivity contribution in [3.05, 3.63) is 41.1 Å². The molecule has 23 heavy (non-hydrogen) atoms. The molecule has 0 saturated heterocycles. The van der Waals surface area contributed by atoms with Crippen LogP contribution in [0.1, 0.15) is 49.4 Å². The Hall–Kier alpha value is -1.98. The molecule has 1 aromatic carbocycles. The van der Waals surface area contributed by atoms with E-state index in [2.05, 4.69) is 24.3 Å². The van der Waals surface area contributed by atoms with Gasteiger partial charge >= 0.3 is 6.18 Å². The molecular weight excluding hydrogens is 303 g/mol. The molecule has 0 unspecified atom stereocenters. The first-order valence-electron chi connectivity index (χ1n) is 7.91. The van der Waals surface area contributed by atoms with Crippen molar-refractivity contribution in [3.63, 3.8) is 0 Å². The quantitative estimate of drug-likeness (QED) is 0.863. The van der Waals surface area contributed by atoms with Gasteiger partial charge in [-0.1, -0.05) is 19.9 Å². The molecule has 0 spiro atoms. The molecule has 0 saturated carbocycles. The molecule has 0 amide bonds. The number of halogens is 3. The van der Waals surface area contributed by atoms with Crippen LogP contribution in [0, 0.1) is 0 Å². The molecular formula is C17H20F3N3. The lowest BCUT2D eigenvalue weighted by atomic mass is 10.0. The summed E-state index contributed by atoms with van der Waals surface area (Å²) in [5.41, 5.74) is 1.89. The molecule has 3 rings (SSSR count). The van der Waals surface area contributed by atoms with Crippen LogP contribution >= 0.6 is 0 Å². The van der Waals surface area contributed by atoms with E-state index in [1.54, 1.807) is 10.7 Å². The van der Waals surface area contributed by atoms with Crippen LogP contribution < -0.4 is 5.32 Å². The Balaban J connectivity index is 2.13. The second kappa shape index (κ2) is 5.91. The third-order valence-corrected chi connectivity index (χ3v) is 4.13. The maximum Gasteiger partial charge on any atom is 0.416 e. The molecule has 1 aliphatic heterocycles. The van der Waals surface area contributed by atoms with Crippen molar-refractivity contribution in [2.75, 3.05) is 11.9 Å². The van der Waals surface area contributed by atoms with E-state index in [1.807, 2.05) is 0 Å². The maximum absolute atomic E-state index is 13.0.